The first-order chi connectivity index (χ1) is 8.68. The second kappa shape index (κ2) is 5.75. The Balaban J connectivity index is 2.64. The van der Waals surface area contributed by atoms with Crippen molar-refractivity contribution in [3.63, 3.8) is 0 Å². The third-order valence-corrected chi connectivity index (χ3v) is 3.06. The molecule has 0 aromatic carbocycles. The highest BCUT2D eigenvalue weighted by Gasteiger charge is 2.40. The summed E-state index contributed by atoms with van der Waals surface area (Å²) >= 11 is 0. The molecule has 0 saturated carbocycles. The van der Waals surface area contributed by atoms with Crippen LogP contribution in [0, 0.1) is 0 Å². The van der Waals surface area contributed by atoms with Crippen molar-refractivity contribution >= 4 is 12.0 Å². The molecule has 2 amide bonds. The molecule has 0 aromatic rings. The molecule has 19 heavy (non-hydrogen) atoms. The van der Waals surface area contributed by atoms with Crippen LogP contribution in [0.3, 0.4) is 0 Å². The molecule has 0 aromatic heterocycles. The number of hydrogen-bond acceptors (Lipinski definition) is 3. The fourth-order valence-electron chi connectivity index (χ4n) is 2.06. The van der Waals surface area contributed by atoms with Crippen molar-refractivity contribution in [1.82, 2.24) is 10.2 Å². The largest absolute Gasteiger partial charge is 0.444 e. The van der Waals surface area contributed by atoms with Crippen LogP contribution in [-0.4, -0.2) is 48.3 Å². The predicted octanol–water partition coefficient (Wildman–Crippen LogP) is 1.86. The van der Waals surface area contributed by atoms with E-state index in [-0.39, 0.29) is 19.4 Å². The maximum atomic E-state index is 14.4. The minimum Gasteiger partial charge on any atom is -0.444 e. The maximum absolute atomic E-state index is 14.4. The Hall–Kier alpha value is -1.33. The number of halogens is 1. The molecule has 6 heteroatoms. The highest BCUT2D eigenvalue weighted by Crippen LogP contribution is 2.27. The molecular formula is C13H23FN2O3. The summed E-state index contributed by atoms with van der Waals surface area (Å²) in [5.41, 5.74) is -2.46. The fraction of sp³-hybridized carbons (Fsp3) is 0.846. The van der Waals surface area contributed by atoms with Crippen molar-refractivity contribution in [2.75, 3.05) is 20.1 Å². The number of carbonyl (C=O) groups is 2. The van der Waals surface area contributed by atoms with Crippen LogP contribution in [-0.2, 0) is 9.53 Å². The third-order valence-electron chi connectivity index (χ3n) is 3.06. The summed E-state index contributed by atoms with van der Waals surface area (Å²) in [5.74, 6) is -0.612. The third kappa shape index (κ3) is 4.36. The summed E-state index contributed by atoms with van der Waals surface area (Å²) in [6.45, 7) is 5.96. The highest BCUT2D eigenvalue weighted by molar-refractivity contribution is 5.84. The lowest BCUT2D eigenvalue weighted by atomic mass is 9.96. The first-order valence-corrected chi connectivity index (χ1v) is 6.57. The van der Waals surface area contributed by atoms with Crippen LogP contribution in [0.25, 0.3) is 0 Å². The number of amides is 2. The van der Waals surface area contributed by atoms with Crippen LogP contribution in [0.2, 0.25) is 0 Å². The minimum absolute atomic E-state index is 0.00587. The Labute approximate surface area is 113 Å². The number of carbonyl (C=O) groups excluding carboxylic acids is 2. The van der Waals surface area contributed by atoms with Crippen molar-refractivity contribution in [2.45, 2.75) is 51.3 Å². The average Bonchev–Trinajstić information content (AvgIpc) is 2.49. The molecule has 1 atom stereocenters. The zero-order valence-electron chi connectivity index (χ0n) is 12.1. The van der Waals surface area contributed by atoms with E-state index in [2.05, 4.69) is 5.32 Å². The van der Waals surface area contributed by atoms with Gasteiger partial charge in [-0.15, -0.1) is 0 Å². The second-order valence-corrected chi connectivity index (χ2v) is 5.87. The van der Waals surface area contributed by atoms with Gasteiger partial charge in [-0.05, 0) is 33.6 Å². The Kier molecular flexibility index (Phi) is 4.76. The quantitative estimate of drug-likeness (QED) is 0.794. The zero-order chi connectivity index (χ0) is 14.7. The van der Waals surface area contributed by atoms with Crippen molar-refractivity contribution in [2.24, 2.45) is 0 Å². The second-order valence-electron chi connectivity index (χ2n) is 5.87. The summed E-state index contributed by atoms with van der Waals surface area (Å²) < 4.78 is 19.7. The monoisotopic (exact) mass is 274 g/mol. The SMILES string of the molecule is CNC(=O)C1(F)CCCN(C(=O)OC(C)(C)C)CC1. The van der Waals surface area contributed by atoms with E-state index in [1.807, 2.05) is 0 Å². The number of alkyl halides is 1. The van der Waals surface area contributed by atoms with Gasteiger partial charge in [0.1, 0.15) is 5.60 Å². The summed E-state index contributed by atoms with van der Waals surface area (Å²) in [4.78, 5) is 24.9. The number of hydrogen-bond donors (Lipinski definition) is 1. The molecule has 5 nitrogen and oxygen atoms in total. The fourth-order valence-corrected chi connectivity index (χ4v) is 2.06. The summed E-state index contributed by atoms with van der Waals surface area (Å²) in [6, 6.07) is 0. The molecule has 1 heterocycles. The standard InChI is InChI=1S/C13H23FN2O3/c1-12(2,3)19-11(18)16-8-5-6-13(14,7-9-16)10(17)15-4/h5-9H2,1-4H3,(H,15,17). The van der Waals surface area contributed by atoms with E-state index in [9.17, 15) is 14.0 Å². The molecule has 1 unspecified atom stereocenters. The molecule has 1 saturated heterocycles. The number of nitrogens with zero attached hydrogens (tertiary/aromatic N) is 1. The molecule has 0 aliphatic carbocycles. The first-order valence-electron chi connectivity index (χ1n) is 6.57. The van der Waals surface area contributed by atoms with Crippen LogP contribution in [0.4, 0.5) is 9.18 Å². The lowest BCUT2D eigenvalue weighted by molar-refractivity contribution is -0.133. The average molecular weight is 274 g/mol. The molecule has 0 bridgehead atoms. The van der Waals surface area contributed by atoms with Crippen LogP contribution >= 0.6 is 0 Å². The van der Waals surface area contributed by atoms with Crippen LogP contribution in [0.1, 0.15) is 40.0 Å². The molecule has 110 valence electrons. The number of rotatable bonds is 1. The van der Waals surface area contributed by atoms with Gasteiger partial charge < -0.3 is 15.0 Å². The van der Waals surface area contributed by atoms with Crippen molar-refractivity contribution in [1.29, 1.82) is 0 Å². The predicted molar refractivity (Wildman–Crippen MR) is 69.6 cm³/mol. The smallest absolute Gasteiger partial charge is 0.410 e. The molecule has 0 spiro atoms. The zero-order valence-corrected chi connectivity index (χ0v) is 12.1. The lowest BCUT2D eigenvalue weighted by Crippen LogP contribution is -2.43. The lowest BCUT2D eigenvalue weighted by Gasteiger charge is -2.26. The van der Waals surface area contributed by atoms with Gasteiger partial charge >= 0.3 is 6.09 Å². The van der Waals surface area contributed by atoms with E-state index in [1.165, 1.54) is 11.9 Å². The van der Waals surface area contributed by atoms with Crippen molar-refractivity contribution in [3.8, 4) is 0 Å². The van der Waals surface area contributed by atoms with Gasteiger partial charge in [0.2, 0.25) is 0 Å². The van der Waals surface area contributed by atoms with Crippen molar-refractivity contribution in [3.05, 3.63) is 0 Å². The van der Waals surface area contributed by atoms with Gasteiger partial charge in [0, 0.05) is 26.6 Å². The summed E-state index contributed by atoms with van der Waals surface area (Å²) in [6.07, 6.45) is 0.134. The normalized spacial score (nSPS) is 24.6. The molecule has 1 rings (SSSR count). The maximum Gasteiger partial charge on any atom is 0.410 e. The molecule has 1 fully saturated rings. The summed E-state index contributed by atoms with van der Waals surface area (Å²) in [5, 5.41) is 2.34. The topological polar surface area (TPSA) is 58.6 Å². The van der Waals surface area contributed by atoms with Crippen LogP contribution in [0.5, 0.6) is 0 Å². The Bertz CT molecular complexity index is 354. The van der Waals surface area contributed by atoms with Crippen LogP contribution < -0.4 is 5.32 Å². The first kappa shape index (κ1) is 15.7. The number of ether oxygens (including phenoxy) is 1. The van der Waals surface area contributed by atoms with E-state index in [4.69, 9.17) is 4.74 Å². The van der Waals surface area contributed by atoms with E-state index in [1.54, 1.807) is 20.8 Å². The molecule has 1 aliphatic rings. The van der Waals surface area contributed by atoms with Gasteiger partial charge in [0.05, 0.1) is 0 Å². The van der Waals surface area contributed by atoms with Crippen molar-refractivity contribution < 1.29 is 18.7 Å². The Morgan fingerprint density at radius 3 is 2.42 bits per heavy atom. The van der Waals surface area contributed by atoms with Gasteiger partial charge in [-0.1, -0.05) is 0 Å². The minimum atomic E-state index is -1.88. The van der Waals surface area contributed by atoms with E-state index < -0.39 is 23.3 Å². The van der Waals surface area contributed by atoms with Gasteiger partial charge in [0.15, 0.2) is 5.67 Å². The van der Waals surface area contributed by atoms with E-state index in [0.29, 0.717) is 13.0 Å². The van der Waals surface area contributed by atoms with Crippen LogP contribution in [0.15, 0.2) is 0 Å². The van der Waals surface area contributed by atoms with Gasteiger partial charge in [-0.25, -0.2) is 9.18 Å². The molecule has 1 aliphatic heterocycles. The molecule has 0 radical (unpaired) electrons. The van der Waals surface area contributed by atoms with Gasteiger partial charge in [-0.2, -0.15) is 0 Å². The number of likely N-dealkylation sites (tertiary alicyclic amines) is 1. The highest BCUT2D eigenvalue weighted by atomic mass is 19.1. The van der Waals surface area contributed by atoms with E-state index >= 15 is 0 Å². The molecular weight excluding hydrogens is 251 g/mol. The Morgan fingerprint density at radius 2 is 1.89 bits per heavy atom. The van der Waals surface area contributed by atoms with Gasteiger partial charge in [-0.3, -0.25) is 4.79 Å². The van der Waals surface area contributed by atoms with Gasteiger partial charge in [0.25, 0.3) is 5.91 Å². The number of nitrogens with one attached hydrogen (secondary N) is 1. The summed E-state index contributed by atoms with van der Waals surface area (Å²) in [7, 11) is 1.42. The van der Waals surface area contributed by atoms with E-state index in [0.717, 1.165) is 0 Å². The molecule has 1 N–H and O–H groups in total. The Morgan fingerprint density at radius 1 is 1.26 bits per heavy atom.